The van der Waals surface area contributed by atoms with Gasteiger partial charge in [0.1, 0.15) is 6.10 Å². The summed E-state index contributed by atoms with van der Waals surface area (Å²) >= 11 is 0. The molecule has 6 aliphatic rings. The Morgan fingerprint density at radius 3 is 2.41 bits per heavy atom. The average molecular weight is 638 g/mol. The van der Waals surface area contributed by atoms with E-state index in [9.17, 15) is 19.8 Å². The number of aliphatic hydroxyl groups excluding tert-OH is 1. The summed E-state index contributed by atoms with van der Waals surface area (Å²) in [5.74, 6) is 0.551. The first kappa shape index (κ1) is 32.5. The molecule has 0 bridgehead atoms. The highest BCUT2D eigenvalue weighted by Crippen LogP contribution is 2.89. The van der Waals surface area contributed by atoms with Crippen LogP contribution < -0.4 is 0 Å². The largest absolute Gasteiger partial charge is 0.458 e. The Balaban J connectivity index is 1.16. The lowest BCUT2D eigenvalue weighted by atomic mass is 9.41. The van der Waals surface area contributed by atoms with Gasteiger partial charge in [0.05, 0.1) is 29.5 Å². The SMILES string of the molecule is CC(=O)O[C@@H]([C@H]1C[C@@H](C)[C@H]2[C@H](O1)[C@H](O)[C@@]1(C)[C@@H]3CC[C@H]4C(C)(C)[C@@H](OC(=O)c5cccnc5)CC[C@@]45C[C@@]35CC[C@]21C)C(C)(C)O. The van der Waals surface area contributed by atoms with Gasteiger partial charge in [0, 0.05) is 30.1 Å². The maximum absolute atomic E-state index is 13.1. The number of aromatic nitrogens is 1. The minimum Gasteiger partial charge on any atom is -0.458 e. The number of pyridine rings is 1. The van der Waals surface area contributed by atoms with E-state index in [1.165, 1.54) is 19.8 Å². The van der Waals surface area contributed by atoms with Gasteiger partial charge >= 0.3 is 11.9 Å². The molecule has 1 aromatic rings. The molecule has 0 radical (unpaired) electrons. The molecule has 1 saturated heterocycles. The van der Waals surface area contributed by atoms with Gasteiger partial charge in [-0.2, -0.15) is 0 Å². The van der Waals surface area contributed by atoms with Gasteiger partial charge in [0.15, 0.2) is 6.10 Å². The highest BCUT2D eigenvalue weighted by molar-refractivity contribution is 5.89. The third-order valence-electron chi connectivity index (χ3n) is 15.2. The van der Waals surface area contributed by atoms with Crippen LogP contribution in [0.3, 0.4) is 0 Å². The highest BCUT2D eigenvalue weighted by atomic mass is 16.6. The van der Waals surface area contributed by atoms with E-state index < -0.39 is 29.9 Å². The number of nitrogens with zero attached hydrogens (tertiary/aromatic N) is 1. The summed E-state index contributed by atoms with van der Waals surface area (Å²) in [6, 6.07) is 3.54. The number of carbonyl (C=O) groups is 2. The zero-order valence-electron chi connectivity index (χ0n) is 29.0. The van der Waals surface area contributed by atoms with Crippen molar-refractivity contribution in [1.29, 1.82) is 0 Å². The number of hydrogen-bond acceptors (Lipinski definition) is 8. The molecule has 2 heterocycles. The van der Waals surface area contributed by atoms with E-state index in [2.05, 4.69) is 39.6 Å². The smallest absolute Gasteiger partial charge is 0.339 e. The molecule has 6 fully saturated rings. The number of rotatable bonds is 5. The molecule has 0 unspecified atom stereocenters. The molecule has 8 nitrogen and oxygen atoms in total. The van der Waals surface area contributed by atoms with Crippen molar-refractivity contribution in [2.75, 3.05) is 0 Å². The summed E-state index contributed by atoms with van der Waals surface area (Å²) in [7, 11) is 0. The summed E-state index contributed by atoms with van der Waals surface area (Å²) in [4.78, 5) is 29.3. The van der Waals surface area contributed by atoms with Gasteiger partial charge in [0.25, 0.3) is 0 Å². The van der Waals surface area contributed by atoms with Crippen molar-refractivity contribution in [3.63, 3.8) is 0 Å². The van der Waals surface area contributed by atoms with Gasteiger partial charge in [-0.1, -0.05) is 34.6 Å². The van der Waals surface area contributed by atoms with Gasteiger partial charge in [-0.3, -0.25) is 9.78 Å². The summed E-state index contributed by atoms with van der Waals surface area (Å²) in [5, 5.41) is 23.5. The van der Waals surface area contributed by atoms with Gasteiger partial charge in [0.2, 0.25) is 0 Å². The normalized spacial score (nSPS) is 47.6. The molecule has 5 saturated carbocycles. The molecule has 2 spiro atoms. The van der Waals surface area contributed by atoms with Crippen molar-refractivity contribution in [2.24, 2.45) is 50.7 Å². The number of esters is 2. The lowest BCUT2D eigenvalue weighted by molar-refractivity contribution is -0.216. The fraction of sp³-hybridized carbons (Fsp3) is 0.816. The quantitative estimate of drug-likeness (QED) is 0.371. The van der Waals surface area contributed by atoms with Crippen molar-refractivity contribution in [3.05, 3.63) is 30.1 Å². The Hall–Kier alpha value is -2.03. The molecule has 13 atom stereocenters. The van der Waals surface area contributed by atoms with Crippen LogP contribution in [0.5, 0.6) is 0 Å². The molecule has 46 heavy (non-hydrogen) atoms. The molecule has 7 rings (SSSR count). The van der Waals surface area contributed by atoms with Crippen LogP contribution in [0.1, 0.15) is 117 Å². The minimum atomic E-state index is -1.27. The zero-order valence-corrected chi connectivity index (χ0v) is 29.0. The summed E-state index contributed by atoms with van der Waals surface area (Å²) in [5.41, 5.74) is -0.935. The lowest BCUT2D eigenvalue weighted by Crippen LogP contribution is -2.60. The predicted octanol–water partition coefficient (Wildman–Crippen LogP) is 6.12. The second-order valence-electron chi connectivity index (χ2n) is 17.9. The molecule has 1 aliphatic heterocycles. The van der Waals surface area contributed by atoms with Crippen LogP contribution in [0.4, 0.5) is 0 Å². The Labute approximate surface area is 274 Å². The second kappa shape index (κ2) is 10.2. The van der Waals surface area contributed by atoms with Gasteiger partial charge in [-0.25, -0.2) is 4.79 Å². The molecule has 0 amide bonds. The highest BCUT2D eigenvalue weighted by Gasteiger charge is 2.84. The maximum atomic E-state index is 13.1. The number of aliphatic hydroxyl groups is 2. The third-order valence-corrected chi connectivity index (χ3v) is 15.2. The summed E-state index contributed by atoms with van der Waals surface area (Å²) in [6.45, 7) is 16.4. The zero-order chi connectivity index (χ0) is 33.2. The van der Waals surface area contributed by atoms with Crippen molar-refractivity contribution >= 4 is 11.9 Å². The van der Waals surface area contributed by atoms with Crippen LogP contribution in [-0.2, 0) is 19.0 Å². The molecule has 2 N–H and O–H groups in total. The molecule has 1 aromatic heterocycles. The van der Waals surface area contributed by atoms with Crippen molar-refractivity contribution in [1.82, 2.24) is 4.98 Å². The topological polar surface area (TPSA) is 115 Å². The van der Waals surface area contributed by atoms with Gasteiger partial charge in [-0.15, -0.1) is 0 Å². The van der Waals surface area contributed by atoms with Crippen molar-refractivity contribution < 1.29 is 34.0 Å². The van der Waals surface area contributed by atoms with Crippen LogP contribution in [0.25, 0.3) is 0 Å². The van der Waals surface area contributed by atoms with Crippen LogP contribution >= 0.6 is 0 Å². The lowest BCUT2D eigenvalue weighted by Gasteiger charge is -2.63. The molecule has 8 heteroatoms. The van der Waals surface area contributed by atoms with Crippen LogP contribution in [0.15, 0.2) is 24.5 Å². The fourth-order valence-electron chi connectivity index (χ4n) is 13.3. The Morgan fingerprint density at radius 2 is 1.76 bits per heavy atom. The third kappa shape index (κ3) is 4.17. The Kier molecular flexibility index (Phi) is 7.24. The number of ether oxygens (including phenoxy) is 3. The first-order valence-electron chi connectivity index (χ1n) is 17.8. The summed E-state index contributed by atoms with van der Waals surface area (Å²) < 4.78 is 18.7. The minimum absolute atomic E-state index is 0.0916. The Bertz CT molecular complexity index is 1390. The Morgan fingerprint density at radius 1 is 1.07 bits per heavy atom. The average Bonchev–Trinajstić information content (AvgIpc) is 3.61. The van der Waals surface area contributed by atoms with Crippen LogP contribution in [0.2, 0.25) is 0 Å². The number of hydrogen-bond donors (Lipinski definition) is 2. The maximum Gasteiger partial charge on any atom is 0.339 e. The van der Waals surface area contributed by atoms with Crippen LogP contribution in [0, 0.1) is 50.7 Å². The van der Waals surface area contributed by atoms with Crippen molar-refractivity contribution in [2.45, 2.75) is 143 Å². The molecule has 0 aromatic carbocycles. The van der Waals surface area contributed by atoms with E-state index in [1.807, 2.05) is 0 Å². The molecular formula is C38H55NO7. The first-order valence-corrected chi connectivity index (χ1v) is 17.8. The van der Waals surface area contributed by atoms with E-state index in [0.29, 0.717) is 23.8 Å². The number of carbonyl (C=O) groups excluding carboxylic acids is 2. The predicted molar refractivity (Wildman–Crippen MR) is 171 cm³/mol. The van der Waals surface area contributed by atoms with Gasteiger partial charge in [-0.05, 0) is 117 Å². The first-order chi connectivity index (χ1) is 21.4. The van der Waals surface area contributed by atoms with E-state index in [-0.39, 0.29) is 57.1 Å². The van der Waals surface area contributed by atoms with E-state index >= 15 is 0 Å². The fourth-order valence-corrected chi connectivity index (χ4v) is 13.3. The van der Waals surface area contributed by atoms with E-state index in [1.54, 1.807) is 38.4 Å². The second-order valence-corrected chi connectivity index (χ2v) is 17.9. The summed E-state index contributed by atoms with van der Waals surface area (Å²) in [6.07, 6.45) is 8.96. The molecule has 254 valence electrons. The molecule has 5 aliphatic carbocycles. The van der Waals surface area contributed by atoms with Crippen molar-refractivity contribution in [3.8, 4) is 0 Å². The van der Waals surface area contributed by atoms with E-state index in [0.717, 1.165) is 32.1 Å². The van der Waals surface area contributed by atoms with Crippen LogP contribution in [-0.4, -0.2) is 63.3 Å². The monoisotopic (exact) mass is 637 g/mol. The van der Waals surface area contributed by atoms with Gasteiger partial charge < -0.3 is 24.4 Å². The molecular weight excluding hydrogens is 582 g/mol. The van der Waals surface area contributed by atoms with E-state index in [4.69, 9.17) is 14.2 Å². The number of fused-ring (bicyclic) bond motifs is 4. The standard InChI is InChI=1S/C38H55NO7/c1-21-18-24(31(34(5,6)43)44-22(2)40)45-29-28(21)35(7)15-16-38-20-37(38)14-13-27(46-32(42)23-10-9-17-39-19-23)33(3,4)25(37)11-12-26(38)36(35,8)30(29)41/h9-10,17,19,21,24-31,41,43H,11-16,18,20H2,1-8H3/t21-,24-,25+,26+,27+,28+,29+,30+,31+,35-,36-,37-,38+/m1/s1.